The number of rotatable bonds is 10. The Bertz CT molecular complexity index is 1460. The molecule has 0 radical (unpaired) electrons. The first-order valence-electron chi connectivity index (χ1n) is 12.6. The molecule has 4 N–H and O–H groups in total. The zero-order valence-electron chi connectivity index (χ0n) is 22.7. The summed E-state index contributed by atoms with van der Waals surface area (Å²) in [5.41, 5.74) is -5.41. The van der Waals surface area contributed by atoms with Gasteiger partial charge in [-0.25, -0.2) is 14.2 Å². The molecular formula is C28H28ClF4N3O6. The minimum absolute atomic E-state index is 0.0580. The summed E-state index contributed by atoms with van der Waals surface area (Å²) >= 11 is 5.92. The van der Waals surface area contributed by atoms with Crippen LogP contribution in [0.25, 0.3) is 11.3 Å². The minimum Gasteiger partial charge on any atom is -0.493 e. The van der Waals surface area contributed by atoms with Gasteiger partial charge >= 0.3 is 6.18 Å². The highest BCUT2D eigenvalue weighted by Gasteiger charge is 2.57. The summed E-state index contributed by atoms with van der Waals surface area (Å²) in [4.78, 5) is 19.5. The number of benzene rings is 2. The summed E-state index contributed by atoms with van der Waals surface area (Å²) in [6.45, 7) is 1.66. The molecule has 0 aliphatic carbocycles. The molecule has 1 amide bonds. The van der Waals surface area contributed by atoms with E-state index < -0.39 is 47.4 Å². The smallest absolute Gasteiger partial charge is 0.424 e. The molecule has 3 atom stereocenters. The SMILES string of the molecule is COc1cc(C(=O)NC[C@@](O)(c2cc3c(c(-c4ccc(F)cc4)n2)OC[C@@]3(C)NCl)C(F)(F)F)ccc1OC[C@@H](C)O. The number of carbonyl (C=O) groups is 1. The third-order valence-electron chi connectivity index (χ3n) is 6.70. The molecule has 0 unspecified atom stereocenters. The van der Waals surface area contributed by atoms with Gasteiger partial charge in [0.1, 0.15) is 24.7 Å². The number of nitrogens with one attached hydrogen (secondary N) is 2. The monoisotopic (exact) mass is 613 g/mol. The van der Waals surface area contributed by atoms with E-state index in [1.165, 1.54) is 44.4 Å². The van der Waals surface area contributed by atoms with Crippen molar-refractivity contribution in [1.82, 2.24) is 15.1 Å². The van der Waals surface area contributed by atoms with Crippen molar-refractivity contribution in [2.45, 2.75) is 37.3 Å². The van der Waals surface area contributed by atoms with Crippen molar-refractivity contribution < 1.29 is 46.8 Å². The van der Waals surface area contributed by atoms with Crippen LogP contribution in [0.2, 0.25) is 0 Å². The minimum atomic E-state index is -5.30. The molecule has 42 heavy (non-hydrogen) atoms. The Morgan fingerprint density at radius 3 is 2.48 bits per heavy atom. The molecule has 0 fully saturated rings. The maximum absolute atomic E-state index is 14.6. The van der Waals surface area contributed by atoms with Crippen molar-refractivity contribution in [3.63, 3.8) is 0 Å². The van der Waals surface area contributed by atoms with Gasteiger partial charge in [0.25, 0.3) is 5.91 Å². The fourth-order valence-corrected chi connectivity index (χ4v) is 4.42. The second-order valence-electron chi connectivity index (χ2n) is 10.0. The molecule has 14 heteroatoms. The van der Waals surface area contributed by atoms with E-state index in [0.29, 0.717) is 0 Å². The Morgan fingerprint density at radius 1 is 1.19 bits per heavy atom. The zero-order valence-corrected chi connectivity index (χ0v) is 23.4. The maximum atomic E-state index is 14.6. The van der Waals surface area contributed by atoms with Crippen molar-refractivity contribution >= 4 is 17.7 Å². The topological polar surface area (TPSA) is 122 Å². The van der Waals surface area contributed by atoms with Crippen LogP contribution in [0.5, 0.6) is 17.2 Å². The lowest BCUT2D eigenvalue weighted by molar-refractivity contribution is -0.265. The van der Waals surface area contributed by atoms with E-state index in [2.05, 4.69) is 15.1 Å². The summed E-state index contributed by atoms with van der Waals surface area (Å²) in [6.07, 6.45) is -6.08. The molecule has 0 spiro atoms. The lowest BCUT2D eigenvalue weighted by Crippen LogP contribution is -2.51. The number of aromatic nitrogens is 1. The van der Waals surface area contributed by atoms with Gasteiger partial charge in [0.05, 0.1) is 31.0 Å². The van der Waals surface area contributed by atoms with Crippen LogP contribution in [-0.4, -0.2) is 60.3 Å². The van der Waals surface area contributed by atoms with Crippen LogP contribution in [0, 0.1) is 5.82 Å². The average Bonchev–Trinajstić information content (AvgIpc) is 3.30. The molecule has 2 aromatic carbocycles. The van der Waals surface area contributed by atoms with Gasteiger partial charge in [0.15, 0.2) is 17.2 Å². The van der Waals surface area contributed by atoms with Crippen LogP contribution in [0.3, 0.4) is 0 Å². The standard InChI is InChI=1S/C28H28ClF4N3O6/c1-15(37)12-41-20-9-6-17(10-21(20)40-3)25(38)34-13-27(39,28(31,32)33)22-11-19-24(42-14-26(19,2)36-29)23(35-22)16-4-7-18(30)8-5-16/h4-11,15,36-37,39H,12-14H2,1-3H3,(H,34,38)/t15-,26-,27-/m1/s1. The summed E-state index contributed by atoms with van der Waals surface area (Å²) in [5, 5.41) is 22.7. The maximum Gasteiger partial charge on any atom is 0.424 e. The number of aliphatic hydroxyl groups is 2. The van der Waals surface area contributed by atoms with Gasteiger partial charge in [-0.2, -0.15) is 13.2 Å². The van der Waals surface area contributed by atoms with E-state index in [0.717, 1.165) is 18.2 Å². The average molecular weight is 614 g/mol. The highest BCUT2D eigenvalue weighted by molar-refractivity contribution is 6.14. The number of hydrogen-bond acceptors (Lipinski definition) is 8. The molecule has 9 nitrogen and oxygen atoms in total. The molecular weight excluding hydrogens is 586 g/mol. The molecule has 226 valence electrons. The molecule has 3 aromatic rings. The number of nitrogens with zero attached hydrogens (tertiary/aromatic N) is 1. The summed E-state index contributed by atoms with van der Waals surface area (Å²) in [5.74, 6) is -1.11. The van der Waals surface area contributed by atoms with Crippen molar-refractivity contribution in [1.29, 1.82) is 0 Å². The summed E-state index contributed by atoms with van der Waals surface area (Å²) < 4.78 is 73.6. The van der Waals surface area contributed by atoms with Crippen LogP contribution >= 0.6 is 11.8 Å². The van der Waals surface area contributed by atoms with Crippen LogP contribution in [-0.2, 0) is 11.1 Å². The molecule has 1 aliphatic rings. The number of pyridine rings is 1. The normalized spacial score (nSPS) is 18.4. The lowest BCUT2D eigenvalue weighted by Gasteiger charge is -2.31. The Hall–Kier alpha value is -3.65. The van der Waals surface area contributed by atoms with E-state index in [9.17, 15) is 32.6 Å². The summed E-state index contributed by atoms with van der Waals surface area (Å²) in [6, 6.07) is 9.75. The van der Waals surface area contributed by atoms with Crippen LogP contribution < -0.4 is 24.4 Å². The van der Waals surface area contributed by atoms with Gasteiger partial charge in [0.2, 0.25) is 5.60 Å². The van der Waals surface area contributed by atoms with Gasteiger partial charge in [-0.15, -0.1) is 0 Å². The predicted molar refractivity (Wildman–Crippen MR) is 144 cm³/mol. The van der Waals surface area contributed by atoms with Crippen molar-refractivity contribution in [3.8, 4) is 28.5 Å². The van der Waals surface area contributed by atoms with E-state index in [4.69, 9.17) is 26.0 Å². The van der Waals surface area contributed by atoms with Crippen molar-refractivity contribution in [2.24, 2.45) is 0 Å². The highest BCUT2D eigenvalue weighted by atomic mass is 35.5. The fraction of sp³-hybridized carbons (Fsp3) is 0.357. The van der Waals surface area contributed by atoms with Crippen LogP contribution in [0.4, 0.5) is 17.6 Å². The van der Waals surface area contributed by atoms with Gasteiger partial charge in [-0.1, -0.05) is 0 Å². The number of aliphatic hydroxyl groups excluding tert-OH is 1. The molecule has 0 saturated heterocycles. The third-order valence-corrected chi connectivity index (χ3v) is 7.12. The van der Waals surface area contributed by atoms with Gasteiger partial charge in [-0.3, -0.25) is 4.79 Å². The number of halogens is 5. The van der Waals surface area contributed by atoms with E-state index in [1.54, 1.807) is 6.92 Å². The van der Waals surface area contributed by atoms with Crippen LogP contribution in [0.15, 0.2) is 48.5 Å². The van der Waals surface area contributed by atoms with E-state index in [1.807, 2.05) is 0 Å². The second kappa shape index (κ2) is 11.9. The molecule has 0 saturated carbocycles. The molecule has 1 aliphatic heterocycles. The van der Waals surface area contributed by atoms with Crippen molar-refractivity contribution in [3.05, 3.63) is 71.2 Å². The quantitative estimate of drug-likeness (QED) is 0.198. The number of ether oxygens (including phenoxy) is 3. The van der Waals surface area contributed by atoms with Gasteiger partial charge < -0.3 is 29.7 Å². The Labute approximate surface area is 243 Å². The fourth-order valence-electron chi connectivity index (χ4n) is 4.26. The summed E-state index contributed by atoms with van der Waals surface area (Å²) in [7, 11) is 1.31. The van der Waals surface area contributed by atoms with E-state index in [-0.39, 0.29) is 52.8 Å². The lowest BCUT2D eigenvalue weighted by atomic mass is 9.89. The van der Waals surface area contributed by atoms with E-state index >= 15 is 0 Å². The highest BCUT2D eigenvalue weighted by Crippen LogP contribution is 2.47. The van der Waals surface area contributed by atoms with Gasteiger partial charge in [0, 0.05) is 16.7 Å². The van der Waals surface area contributed by atoms with Gasteiger partial charge in [-0.05, 0) is 74.2 Å². The van der Waals surface area contributed by atoms with Crippen LogP contribution in [0.1, 0.15) is 35.5 Å². The third kappa shape index (κ3) is 6.09. The molecule has 2 heterocycles. The number of methoxy groups -OCH3 is 1. The first kappa shape index (κ1) is 31.3. The molecule has 0 bridgehead atoms. The Kier molecular flexibility index (Phi) is 8.88. The first-order valence-corrected chi connectivity index (χ1v) is 13.0. The number of hydrogen-bond donors (Lipinski definition) is 4. The molecule has 1 aromatic heterocycles. The Balaban J connectivity index is 1.71. The zero-order chi connectivity index (χ0) is 30.9. The number of carbonyl (C=O) groups excluding carboxylic acids is 1. The van der Waals surface area contributed by atoms with Crippen molar-refractivity contribution in [2.75, 3.05) is 26.9 Å². The number of alkyl halides is 3. The second-order valence-corrected chi connectivity index (χ2v) is 10.2. The Morgan fingerprint density at radius 2 is 1.88 bits per heavy atom. The first-order chi connectivity index (χ1) is 19.7. The largest absolute Gasteiger partial charge is 0.493 e. The number of amides is 1. The number of fused-ring (bicyclic) bond motifs is 1. The predicted octanol–water partition coefficient (Wildman–Crippen LogP) is 4.19. The molecule has 4 rings (SSSR count).